The zero-order chi connectivity index (χ0) is 43.6. The molecule has 16 nitrogen and oxygen atoms in total. The molecule has 0 spiro atoms. The molecule has 0 radical (unpaired) electrons. The van der Waals surface area contributed by atoms with E-state index in [0.717, 1.165) is 35.3 Å². The number of pyridine rings is 1. The van der Waals surface area contributed by atoms with Crippen LogP contribution in [0.25, 0.3) is 22.5 Å². The maximum absolute atomic E-state index is 14.5. The summed E-state index contributed by atoms with van der Waals surface area (Å²) in [6, 6.07) is 15.8. The van der Waals surface area contributed by atoms with Crippen molar-refractivity contribution in [3.05, 3.63) is 71.4 Å². The molecule has 6 rings (SSSR count). The van der Waals surface area contributed by atoms with Crippen molar-refractivity contribution >= 4 is 47.0 Å². The molecule has 3 heterocycles. The predicted octanol–water partition coefficient (Wildman–Crippen LogP) is 5.81. The highest BCUT2D eigenvalue weighted by atomic mass is 35.5. The van der Waals surface area contributed by atoms with Crippen LogP contribution in [0, 0.1) is 11.8 Å². The molecule has 1 aliphatic heterocycles. The first-order valence-corrected chi connectivity index (χ1v) is 19.6. The van der Waals surface area contributed by atoms with Crippen LogP contribution in [0.5, 0.6) is 0 Å². The quantitative estimate of drug-likeness (QED) is 0.140. The first kappa shape index (κ1) is 45.3. The Hall–Kier alpha value is -5.82. The number of rotatable bonds is 11. The highest BCUT2D eigenvalue weighted by molar-refractivity contribution is 6.35. The number of hydrogen-bond acceptors (Lipinski definition) is 11. The molecule has 5 N–H and O–H groups in total. The van der Waals surface area contributed by atoms with Crippen LogP contribution in [0.15, 0.2) is 60.8 Å². The van der Waals surface area contributed by atoms with Gasteiger partial charge in [0.2, 0.25) is 17.6 Å². The topological polar surface area (TPSA) is 219 Å². The monoisotopic (exact) mass is 857 g/mol. The SMILES string of the molecule is CC(C)(C)OC(=O)NC[C@H]1CC[C@H](C(=O)N(c2ccc(-c3nn[nH]n3)cc2)[C@@H](Cc2ccc(-c3ccnc(N4CCOCC4)c3Cl)cc2)C(N)=O)CC1.O=C(O)C(F)(F)F. The number of aromatic nitrogens is 5. The van der Waals surface area contributed by atoms with Gasteiger partial charge in [0, 0.05) is 55.0 Å². The number of carbonyl (C=O) groups is 4. The fraction of sp³-hybridized carbons (Fsp3) is 0.450. The fourth-order valence-corrected chi connectivity index (χ4v) is 7.22. The van der Waals surface area contributed by atoms with Gasteiger partial charge < -0.3 is 30.5 Å². The summed E-state index contributed by atoms with van der Waals surface area (Å²) in [5.41, 5.74) is 9.33. The number of tetrazole rings is 1. The predicted molar refractivity (Wildman–Crippen MR) is 215 cm³/mol. The molecule has 1 saturated carbocycles. The Bertz CT molecular complexity index is 2070. The average Bonchev–Trinajstić information content (AvgIpc) is 3.76. The number of anilines is 2. The molecule has 1 aliphatic carbocycles. The number of primary amides is 1. The summed E-state index contributed by atoms with van der Waals surface area (Å²) in [7, 11) is 0. The Morgan fingerprint density at radius 1 is 1.00 bits per heavy atom. The number of ether oxygens (including phenoxy) is 2. The largest absolute Gasteiger partial charge is 0.490 e. The summed E-state index contributed by atoms with van der Waals surface area (Å²) in [5, 5.41) is 24.7. The molecule has 1 saturated heterocycles. The number of H-pyrrole nitrogens is 1. The van der Waals surface area contributed by atoms with Gasteiger partial charge in [0.25, 0.3) is 0 Å². The number of halogens is 4. The van der Waals surface area contributed by atoms with Crippen molar-refractivity contribution in [3.63, 3.8) is 0 Å². The van der Waals surface area contributed by atoms with E-state index in [-0.39, 0.29) is 24.2 Å². The number of alkyl carbamates (subject to hydrolysis) is 1. The van der Waals surface area contributed by atoms with E-state index in [1.54, 1.807) is 35.4 Å². The van der Waals surface area contributed by atoms with Crippen LogP contribution in [0.1, 0.15) is 52.0 Å². The summed E-state index contributed by atoms with van der Waals surface area (Å²) in [4.78, 5) is 57.1. The molecule has 2 aromatic heterocycles. The number of carboxylic acids is 1. The summed E-state index contributed by atoms with van der Waals surface area (Å²) < 4.78 is 42.6. The summed E-state index contributed by atoms with van der Waals surface area (Å²) >= 11 is 6.88. The smallest absolute Gasteiger partial charge is 0.475 e. The van der Waals surface area contributed by atoms with Crippen molar-refractivity contribution in [1.29, 1.82) is 0 Å². The normalized spacial score (nSPS) is 17.4. The second kappa shape index (κ2) is 20.0. The van der Waals surface area contributed by atoms with Gasteiger partial charge in [-0.1, -0.05) is 35.9 Å². The zero-order valence-electron chi connectivity index (χ0n) is 33.2. The lowest BCUT2D eigenvalue weighted by molar-refractivity contribution is -0.192. The van der Waals surface area contributed by atoms with Crippen LogP contribution in [0.4, 0.5) is 29.5 Å². The number of nitrogens with one attached hydrogen (secondary N) is 2. The fourth-order valence-electron chi connectivity index (χ4n) is 6.88. The van der Waals surface area contributed by atoms with Gasteiger partial charge in [-0.2, -0.15) is 18.4 Å². The Balaban J connectivity index is 0.000000896. The molecule has 4 aromatic rings. The second-order valence-corrected chi connectivity index (χ2v) is 15.7. The first-order valence-electron chi connectivity index (χ1n) is 19.2. The number of hydrogen-bond donors (Lipinski definition) is 4. The Kier molecular flexibility index (Phi) is 15.1. The minimum atomic E-state index is -5.08. The van der Waals surface area contributed by atoms with Gasteiger partial charge in [-0.25, -0.2) is 14.6 Å². The molecule has 1 atom stereocenters. The van der Waals surface area contributed by atoms with E-state index in [4.69, 9.17) is 36.7 Å². The number of nitrogens with two attached hydrogens (primary N) is 1. The highest BCUT2D eigenvalue weighted by Gasteiger charge is 2.38. The number of aromatic amines is 1. The molecule has 0 bridgehead atoms. The van der Waals surface area contributed by atoms with Gasteiger partial charge >= 0.3 is 18.2 Å². The van der Waals surface area contributed by atoms with Crippen molar-refractivity contribution < 1.29 is 46.9 Å². The third kappa shape index (κ3) is 12.4. The van der Waals surface area contributed by atoms with E-state index in [2.05, 4.69) is 35.8 Å². The average molecular weight is 858 g/mol. The molecule has 2 aliphatic rings. The highest BCUT2D eigenvalue weighted by Crippen LogP contribution is 2.36. The number of nitrogens with zero attached hydrogens (tertiary/aromatic N) is 6. The molecular weight excluding hydrogens is 811 g/mol. The number of carboxylic acid groups (broad SMARTS) is 1. The van der Waals surface area contributed by atoms with Crippen molar-refractivity contribution in [1.82, 2.24) is 30.9 Å². The van der Waals surface area contributed by atoms with Crippen LogP contribution >= 0.6 is 11.6 Å². The summed E-state index contributed by atoms with van der Waals surface area (Å²) in [6.45, 7) is 8.60. The molecular formula is C40H47ClF3N9O7. The Morgan fingerprint density at radius 3 is 2.17 bits per heavy atom. The lowest BCUT2D eigenvalue weighted by Gasteiger charge is -2.36. The Morgan fingerprint density at radius 2 is 1.62 bits per heavy atom. The molecule has 0 unspecified atom stereocenters. The van der Waals surface area contributed by atoms with Crippen LogP contribution in [-0.4, -0.2) is 105 Å². The van der Waals surface area contributed by atoms with Crippen LogP contribution in [0.2, 0.25) is 5.02 Å². The maximum atomic E-state index is 14.5. The summed E-state index contributed by atoms with van der Waals surface area (Å²) in [5.74, 6) is -2.54. The molecule has 2 aromatic carbocycles. The second-order valence-electron chi connectivity index (χ2n) is 15.3. The third-order valence-electron chi connectivity index (χ3n) is 9.87. The number of benzene rings is 2. The van der Waals surface area contributed by atoms with E-state index in [0.29, 0.717) is 67.8 Å². The van der Waals surface area contributed by atoms with Gasteiger partial charge in [-0.3, -0.25) is 14.5 Å². The van der Waals surface area contributed by atoms with Crippen molar-refractivity contribution in [3.8, 4) is 22.5 Å². The van der Waals surface area contributed by atoms with E-state index in [1.807, 2.05) is 51.1 Å². The molecule has 322 valence electrons. The molecule has 60 heavy (non-hydrogen) atoms. The van der Waals surface area contributed by atoms with Gasteiger partial charge in [-0.15, -0.1) is 10.2 Å². The number of alkyl halides is 3. The zero-order valence-corrected chi connectivity index (χ0v) is 34.0. The van der Waals surface area contributed by atoms with Crippen molar-refractivity contribution in [2.24, 2.45) is 17.6 Å². The first-order chi connectivity index (χ1) is 28.4. The minimum Gasteiger partial charge on any atom is -0.475 e. The van der Waals surface area contributed by atoms with E-state index >= 15 is 0 Å². The van der Waals surface area contributed by atoms with Gasteiger partial charge in [0.1, 0.15) is 17.5 Å². The third-order valence-corrected chi connectivity index (χ3v) is 10.2. The number of morpholine rings is 1. The summed E-state index contributed by atoms with van der Waals surface area (Å²) in [6.07, 6.45) is -0.889. The molecule has 2 fully saturated rings. The van der Waals surface area contributed by atoms with E-state index in [1.165, 1.54) is 0 Å². The molecule has 3 amide bonds. The lowest BCUT2D eigenvalue weighted by atomic mass is 9.81. The van der Waals surface area contributed by atoms with Gasteiger partial charge in [0.15, 0.2) is 0 Å². The van der Waals surface area contributed by atoms with E-state index in [9.17, 15) is 27.6 Å². The minimum absolute atomic E-state index is 0.171. The number of carbonyl (C=O) groups excluding carboxylic acids is 3. The van der Waals surface area contributed by atoms with Gasteiger partial charge in [0.05, 0.1) is 18.2 Å². The lowest BCUT2D eigenvalue weighted by Crippen LogP contribution is -2.52. The van der Waals surface area contributed by atoms with Crippen molar-refractivity contribution in [2.75, 3.05) is 42.6 Å². The van der Waals surface area contributed by atoms with Crippen LogP contribution < -0.4 is 20.9 Å². The molecule has 20 heteroatoms. The van der Waals surface area contributed by atoms with Gasteiger partial charge in [-0.05, 0) is 99.0 Å². The number of amides is 3. The van der Waals surface area contributed by atoms with Crippen LogP contribution in [-0.2, 0) is 30.3 Å². The van der Waals surface area contributed by atoms with E-state index < -0.39 is 35.8 Å². The maximum Gasteiger partial charge on any atom is 0.490 e. The van der Waals surface area contributed by atoms with Crippen LogP contribution in [0.3, 0.4) is 0 Å². The van der Waals surface area contributed by atoms with Crippen molar-refractivity contribution in [2.45, 2.75) is 70.7 Å². The number of aliphatic carboxylic acids is 1. The Labute approximate surface area is 348 Å². The standard InChI is InChI=1S/C38H46ClN9O5.C2HF3O2/c1-38(2,3)53-37(51)42-23-25-6-10-28(11-7-25)36(50)48(29-14-12-27(13-15-29)34-43-45-46-44-34)31(33(40)49)22-24-4-8-26(9-5-24)30-16-17-41-35(32(30)39)47-18-20-52-21-19-47;3-2(4,5)1(6)7/h4-5,8-9,12-17,25,28,31H,6-7,10-11,18-23H2,1-3H3,(H2,40,49)(H,42,51)(H,43,44,45,46);(H,6,7)/t25-,28-,31-;/m0./s1.